The molecule has 3 aromatic rings. The lowest BCUT2D eigenvalue weighted by Gasteiger charge is -2.35. The number of aliphatic hydroxyl groups excluding tert-OH is 1. The van der Waals surface area contributed by atoms with Crippen LogP contribution in [0.2, 0.25) is 0 Å². The van der Waals surface area contributed by atoms with E-state index in [9.17, 15) is 5.11 Å². The molecule has 0 aromatic heterocycles. The Morgan fingerprint density at radius 3 is 1.33 bits per heavy atom. The number of allylic oxidation sites excluding steroid dienone is 1. The van der Waals surface area contributed by atoms with Crippen molar-refractivity contribution >= 4 is 23.6 Å². The monoisotopic (exact) mass is 330 g/mol. The summed E-state index contributed by atoms with van der Waals surface area (Å²) in [7, 11) is -2.35. The molecule has 0 bridgehead atoms. The van der Waals surface area contributed by atoms with Crippen molar-refractivity contribution in [2.75, 3.05) is 6.61 Å². The molecular formula is C22H22OSi. The molecule has 0 heterocycles. The van der Waals surface area contributed by atoms with E-state index >= 15 is 0 Å². The van der Waals surface area contributed by atoms with Crippen LogP contribution in [0, 0.1) is 0 Å². The maximum atomic E-state index is 9.59. The van der Waals surface area contributed by atoms with E-state index < -0.39 is 8.07 Å². The van der Waals surface area contributed by atoms with Crippen LogP contribution in [0.15, 0.2) is 102 Å². The van der Waals surface area contributed by atoms with Crippen LogP contribution in [-0.4, -0.2) is 19.8 Å². The predicted molar refractivity (Wildman–Crippen MR) is 105 cm³/mol. The highest BCUT2D eigenvalue weighted by Gasteiger charge is 2.40. The largest absolute Gasteiger partial charge is 0.392 e. The van der Waals surface area contributed by atoms with Gasteiger partial charge in [0.05, 0.1) is 6.61 Å². The normalized spacial score (nSPS) is 12.2. The lowest BCUT2D eigenvalue weighted by atomic mass is 10.3. The highest BCUT2D eigenvalue weighted by atomic mass is 28.3. The Balaban J connectivity index is 2.40. The fourth-order valence-electron chi connectivity index (χ4n) is 3.54. The molecule has 3 aromatic carbocycles. The van der Waals surface area contributed by atoms with E-state index in [-0.39, 0.29) is 6.61 Å². The molecule has 0 spiro atoms. The summed E-state index contributed by atoms with van der Waals surface area (Å²) in [4.78, 5) is 0. The predicted octanol–water partition coefficient (Wildman–Crippen LogP) is 2.63. The van der Waals surface area contributed by atoms with Crippen molar-refractivity contribution in [2.45, 2.75) is 6.92 Å². The molecule has 0 unspecified atom stereocenters. The molecule has 0 radical (unpaired) electrons. The summed E-state index contributed by atoms with van der Waals surface area (Å²) in [5.74, 6) is 0. The van der Waals surface area contributed by atoms with Gasteiger partial charge in [-0.1, -0.05) is 102 Å². The summed E-state index contributed by atoms with van der Waals surface area (Å²) in [6.45, 7) is 2.22. The van der Waals surface area contributed by atoms with Gasteiger partial charge in [0, 0.05) is 0 Å². The standard InChI is InChI=1S/C22H22OSi/c1-19(17-18-23)24(20-11-5-2-6-12-20,21-13-7-3-8-14-21)22-15-9-4-10-16-22/h2-17,23H,18H2,1H3/b19-17+. The van der Waals surface area contributed by atoms with E-state index in [1.54, 1.807) is 0 Å². The summed E-state index contributed by atoms with van der Waals surface area (Å²) in [5, 5.41) is 14.9. The maximum Gasteiger partial charge on any atom is 0.175 e. The van der Waals surface area contributed by atoms with E-state index in [1.807, 2.05) is 6.08 Å². The second-order valence-electron chi connectivity index (χ2n) is 5.92. The lowest BCUT2D eigenvalue weighted by molar-refractivity contribution is 0.342. The summed E-state index contributed by atoms with van der Waals surface area (Å²) in [6.07, 6.45) is 1.97. The zero-order valence-electron chi connectivity index (χ0n) is 13.9. The smallest absolute Gasteiger partial charge is 0.175 e. The topological polar surface area (TPSA) is 20.2 Å². The van der Waals surface area contributed by atoms with Crippen LogP contribution in [0.4, 0.5) is 0 Å². The summed E-state index contributed by atoms with van der Waals surface area (Å²) >= 11 is 0. The second kappa shape index (κ2) is 7.43. The summed E-state index contributed by atoms with van der Waals surface area (Å²) < 4.78 is 0. The van der Waals surface area contributed by atoms with E-state index in [0.29, 0.717) is 0 Å². The third-order valence-electron chi connectivity index (χ3n) is 4.61. The minimum Gasteiger partial charge on any atom is -0.392 e. The molecule has 0 atom stereocenters. The molecule has 120 valence electrons. The third-order valence-corrected chi connectivity index (χ3v) is 9.59. The van der Waals surface area contributed by atoms with Crippen LogP contribution >= 0.6 is 0 Å². The van der Waals surface area contributed by atoms with Crippen LogP contribution in [-0.2, 0) is 0 Å². The average Bonchev–Trinajstić information content (AvgIpc) is 2.65. The van der Waals surface area contributed by atoms with Crippen LogP contribution in [0.3, 0.4) is 0 Å². The zero-order chi connectivity index (χ0) is 16.8. The minimum absolute atomic E-state index is 0.0626. The lowest BCUT2D eigenvalue weighted by Crippen LogP contribution is -2.68. The van der Waals surface area contributed by atoms with Crippen molar-refractivity contribution in [3.63, 3.8) is 0 Å². The van der Waals surface area contributed by atoms with E-state index in [1.165, 1.54) is 20.8 Å². The number of benzene rings is 3. The Morgan fingerprint density at radius 2 is 1.04 bits per heavy atom. The molecule has 1 nitrogen and oxygen atoms in total. The van der Waals surface area contributed by atoms with Crippen LogP contribution in [0.5, 0.6) is 0 Å². The fourth-order valence-corrected chi connectivity index (χ4v) is 8.38. The summed E-state index contributed by atoms with van der Waals surface area (Å²) in [5.41, 5.74) is 0. The van der Waals surface area contributed by atoms with Gasteiger partial charge < -0.3 is 5.11 Å². The van der Waals surface area contributed by atoms with Crippen molar-refractivity contribution in [1.29, 1.82) is 0 Å². The van der Waals surface area contributed by atoms with Crippen LogP contribution in [0.1, 0.15) is 6.92 Å². The highest BCUT2D eigenvalue weighted by molar-refractivity contribution is 7.16. The van der Waals surface area contributed by atoms with Crippen molar-refractivity contribution in [3.8, 4) is 0 Å². The van der Waals surface area contributed by atoms with Crippen LogP contribution < -0.4 is 15.6 Å². The van der Waals surface area contributed by atoms with Gasteiger partial charge in [-0.05, 0) is 22.5 Å². The molecule has 0 fully saturated rings. The molecule has 1 N–H and O–H groups in total. The van der Waals surface area contributed by atoms with Gasteiger partial charge in [-0.15, -0.1) is 0 Å². The zero-order valence-corrected chi connectivity index (χ0v) is 14.9. The first kappa shape index (κ1) is 16.4. The second-order valence-corrected chi connectivity index (χ2v) is 9.94. The third kappa shape index (κ3) is 2.86. The van der Waals surface area contributed by atoms with E-state index in [0.717, 1.165) is 0 Å². The van der Waals surface area contributed by atoms with Crippen LogP contribution in [0.25, 0.3) is 0 Å². The van der Waals surface area contributed by atoms with E-state index in [4.69, 9.17) is 0 Å². The number of hydrogen-bond acceptors (Lipinski definition) is 1. The number of aliphatic hydroxyl groups is 1. The minimum atomic E-state index is -2.35. The average molecular weight is 331 g/mol. The molecule has 0 saturated heterocycles. The molecule has 0 aliphatic carbocycles. The Labute approximate surface area is 144 Å². The molecular weight excluding hydrogens is 308 g/mol. The Kier molecular flexibility index (Phi) is 5.09. The van der Waals surface area contributed by atoms with Gasteiger partial charge in [0.1, 0.15) is 0 Å². The Bertz CT molecular complexity index is 698. The van der Waals surface area contributed by atoms with Gasteiger partial charge in [-0.25, -0.2) is 0 Å². The van der Waals surface area contributed by atoms with Gasteiger partial charge in [-0.2, -0.15) is 0 Å². The summed E-state index contributed by atoms with van der Waals surface area (Å²) in [6, 6.07) is 32.2. The fraction of sp³-hybridized carbons (Fsp3) is 0.0909. The SMILES string of the molecule is C/C(=C\CO)[Si](c1ccccc1)(c1ccccc1)c1ccccc1. The first-order chi connectivity index (χ1) is 11.8. The molecule has 2 heteroatoms. The van der Waals surface area contributed by atoms with Gasteiger partial charge in [0.25, 0.3) is 0 Å². The highest BCUT2D eigenvalue weighted by Crippen LogP contribution is 2.16. The molecule has 0 aliphatic heterocycles. The first-order valence-electron chi connectivity index (χ1n) is 8.25. The van der Waals surface area contributed by atoms with Crippen molar-refractivity contribution in [3.05, 3.63) is 102 Å². The number of hydrogen-bond donors (Lipinski definition) is 1. The van der Waals surface area contributed by atoms with Gasteiger partial charge >= 0.3 is 0 Å². The van der Waals surface area contributed by atoms with E-state index in [2.05, 4.69) is 97.9 Å². The molecule has 3 rings (SSSR count). The Hall–Kier alpha value is -2.42. The Morgan fingerprint density at radius 1 is 0.708 bits per heavy atom. The number of rotatable bonds is 5. The maximum absolute atomic E-state index is 9.59. The molecule has 0 aliphatic rings. The van der Waals surface area contributed by atoms with Crippen molar-refractivity contribution in [1.82, 2.24) is 0 Å². The molecule has 0 saturated carbocycles. The van der Waals surface area contributed by atoms with Gasteiger partial charge in [0.2, 0.25) is 0 Å². The van der Waals surface area contributed by atoms with Crippen molar-refractivity contribution < 1.29 is 5.11 Å². The van der Waals surface area contributed by atoms with Gasteiger partial charge in [-0.3, -0.25) is 0 Å². The molecule has 0 amide bonds. The van der Waals surface area contributed by atoms with Crippen molar-refractivity contribution in [2.24, 2.45) is 0 Å². The van der Waals surface area contributed by atoms with Gasteiger partial charge in [0.15, 0.2) is 8.07 Å². The quantitative estimate of drug-likeness (QED) is 0.563. The molecule has 24 heavy (non-hydrogen) atoms. The first-order valence-corrected chi connectivity index (χ1v) is 10.2.